The number of halogens is 1. The van der Waals surface area contributed by atoms with Crippen molar-refractivity contribution in [3.8, 4) is 0 Å². The van der Waals surface area contributed by atoms with E-state index >= 15 is 0 Å². The van der Waals surface area contributed by atoms with E-state index < -0.39 is 17.0 Å². The molecule has 0 saturated carbocycles. The van der Waals surface area contributed by atoms with E-state index in [0.717, 1.165) is 9.13 Å². The quantitative estimate of drug-likeness (QED) is 0.0585. The number of nitrogens with one attached hydrogen (secondary N) is 3. The number of hydrogen-bond acceptors (Lipinski definition) is 5. The fourth-order valence-electron chi connectivity index (χ4n) is 2.80. The summed E-state index contributed by atoms with van der Waals surface area (Å²) in [6.45, 7) is 4.14. The van der Waals surface area contributed by atoms with Gasteiger partial charge in [0.2, 0.25) is 11.8 Å². The van der Waals surface area contributed by atoms with E-state index in [1.54, 1.807) is 5.43 Å². The molecule has 0 bridgehead atoms. The minimum Gasteiger partial charge on any atom is -0.365 e. The van der Waals surface area contributed by atoms with Crippen molar-refractivity contribution >= 4 is 48.2 Å². The third-order valence-corrected chi connectivity index (χ3v) is 5.20. The molecule has 0 unspecified atom stereocenters. The Morgan fingerprint density at radius 3 is 2.58 bits per heavy atom. The lowest BCUT2D eigenvalue weighted by molar-refractivity contribution is -0.525. The molecule has 0 spiro atoms. The Morgan fingerprint density at radius 2 is 1.97 bits per heavy atom. The monoisotopic (exact) mass is 542 g/mol. The molecule has 2 atom stereocenters. The smallest absolute Gasteiger partial charge is 0.251 e. The van der Waals surface area contributed by atoms with Crippen LogP contribution < -0.4 is 21.8 Å². The molecule has 31 heavy (non-hydrogen) atoms. The highest BCUT2D eigenvalue weighted by Gasteiger charge is 2.22. The normalized spacial score (nSPS) is 13.4. The number of hydrazine groups is 1. The van der Waals surface area contributed by atoms with Crippen LogP contribution in [0.25, 0.3) is 0 Å². The maximum Gasteiger partial charge on any atom is 0.251 e. The van der Waals surface area contributed by atoms with Gasteiger partial charge in [0.15, 0.2) is 5.03 Å². The Balaban J connectivity index is 2.74. The Bertz CT molecular complexity index is 792. The van der Waals surface area contributed by atoms with Crippen LogP contribution >= 0.6 is 22.6 Å². The van der Waals surface area contributed by atoms with Crippen molar-refractivity contribution in [3.63, 3.8) is 0 Å². The van der Waals surface area contributed by atoms with Crippen LogP contribution in [0.3, 0.4) is 0 Å². The van der Waals surface area contributed by atoms with E-state index in [4.69, 9.17) is 13.6 Å². The van der Waals surface area contributed by atoms with Gasteiger partial charge in [-0.2, -0.15) is 0 Å². The molecule has 0 heterocycles. The first-order valence-electron chi connectivity index (χ1n) is 9.88. The standard InChI is InChI=1S/C19H28BIN6O4/c1-12(2)10-16(20)25-18(29)15(8-5-9-23-19(22)26-27(30)31)24-17(28)11-13-6-3-4-7-14(13)21/h3-4,6-7,12,15-16H,5,8-11H2,1-2H3,(H,24,28)(H,25,29)(H3,22,23,26)/t15-,16-/m0/s1. The number of nitro groups is 1. The molecule has 2 amide bonds. The molecule has 5 N–H and O–H groups in total. The molecule has 0 aliphatic rings. The van der Waals surface area contributed by atoms with Crippen LogP contribution in [-0.4, -0.2) is 49.2 Å². The highest BCUT2D eigenvalue weighted by molar-refractivity contribution is 14.1. The second kappa shape index (κ2) is 13.8. The summed E-state index contributed by atoms with van der Waals surface area (Å²) in [5, 5.41) is 15.0. The van der Waals surface area contributed by atoms with E-state index in [-0.39, 0.29) is 37.2 Å². The minimum absolute atomic E-state index is 0.138. The van der Waals surface area contributed by atoms with E-state index in [1.165, 1.54) is 0 Å². The van der Waals surface area contributed by atoms with Gasteiger partial charge in [-0.25, -0.2) is 15.1 Å². The molecule has 0 saturated heterocycles. The molecular formula is C19H28BIN6O4. The minimum atomic E-state index is -0.813. The van der Waals surface area contributed by atoms with Gasteiger partial charge < -0.3 is 16.4 Å². The Labute approximate surface area is 196 Å². The van der Waals surface area contributed by atoms with Gasteiger partial charge in [0.1, 0.15) is 6.04 Å². The number of amides is 2. The SMILES string of the molecule is [B][C@H](CC(C)C)NC(=O)[C@H](CCCN=C(N)N[N+](=O)[O-])NC(=O)Cc1ccccc1I. The van der Waals surface area contributed by atoms with E-state index in [9.17, 15) is 19.7 Å². The van der Waals surface area contributed by atoms with Gasteiger partial charge in [-0.1, -0.05) is 37.5 Å². The number of carbonyl (C=O) groups excluding carboxylic acids is 2. The van der Waals surface area contributed by atoms with Crippen LogP contribution in [0.1, 0.15) is 38.7 Å². The van der Waals surface area contributed by atoms with Crippen molar-refractivity contribution in [2.24, 2.45) is 16.6 Å². The highest BCUT2D eigenvalue weighted by atomic mass is 127. The lowest BCUT2D eigenvalue weighted by Crippen LogP contribution is -2.50. The zero-order valence-corrected chi connectivity index (χ0v) is 19.8. The molecule has 2 radical (unpaired) electrons. The molecule has 0 aliphatic heterocycles. The van der Waals surface area contributed by atoms with Gasteiger partial charge in [0.05, 0.1) is 14.3 Å². The molecule has 168 valence electrons. The first kappa shape index (κ1) is 26.7. The van der Waals surface area contributed by atoms with Gasteiger partial charge in [0.25, 0.3) is 5.96 Å². The summed E-state index contributed by atoms with van der Waals surface area (Å²) >= 11 is 2.15. The van der Waals surface area contributed by atoms with Crippen LogP contribution in [0.5, 0.6) is 0 Å². The van der Waals surface area contributed by atoms with Crippen LogP contribution in [0.15, 0.2) is 29.3 Å². The van der Waals surface area contributed by atoms with Crippen molar-refractivity contribution < 1.29 is 14.6 Å². The third-order valence-electron chi connectivity index (χ3n) is 4.15. The van der Waals surface area contributed by atoms with Gasteiger partial charge in [0, 0.05) is 10.1 Å². The second-order valence-electron chi connectivity index (χ2n) is 7.41. The van der Waals surface area contributed by atoms with Gasteiger partial charge in [-0.3, -0.25) is 9.59 Å². The summed E-state index contributed by atoms with van der Waals surface area (Å²) in [7, 11) is 5.97. The number of aliphatic imine (C=N–C) groups is 1. The topological polar surface area (TPSA) is 152 Å². The molecule has 10 nitrogen and oxygen atoms in total. The summed E-state index contributed by atoms with van der Waals surface area (Å²) < 4.78 is 0.957. The van der Waals surface area contributed by atoms with Crippen molar-refractivity contribution in [1.29, 1.82) is 0 Å². The van der Waals surface area contributed by atoms with E-state index in [2.05, 4.69) is 38.2 Å². The van der Waals surface area contributed by atoms with Crippen LogP contribution in [0.2, 0.25) is 0 Å². The second-order valence-corrected chi connectivity index (χ2v) is 8.57. The van der Waals surface area contributed by atoms with Crippen molar-refractivity contribution in [2.75, 3.05) is 6.54 Å². The zero-order valence-electron chi connectivity index (χ0n) is 17.6. The summed E-state index contributed by atoms with van der Waals surface area (Å²) in [6, 6.07) is 6.68. The summed E-state index contributed by atoms with van der Waals surface area (Å²) in [5.41, 5.74) is 7.98. The van der Waals surface area contributed by atoms with Crippen LogP contribution in [0, 0.1) is 19.6 Å². The fourth-order valence-corrected chi connectivity index (χ4v) is 3.38. The summed E-state index contributed by atoms with van der Waals surface area (Å²) in [5.74, 6) is -1.23. The van der Waals surface area contributed by atoms with E-state index in [0.29, 0.717) is 18.8 Å². The molecule has 1 rings (SSSR count). The van der Waals surface area contributed by atoms with Crippen LogP contribution in [-0.2, 0) is 16.0 Å². The highest BCUT2D eigenvalue weighted by Crippen LogP contribution is 2.12. The molecule has 1 aromatic rings. The average molecular weight is 542 g/mol. The lowest BCUT2D eigenvalue weighted by atomic mass is 9.88. The van der Waals surface area contributed by atoms with Crippen molar-refractivity contribution in [2.45, 2.75) is 51.5 Å². The van der Waals surface area contributed by atoms with Crippen molar-refractivity contribution in [3.05, 3.63) is 43.5 Å². The molecular weight excluding hydrogens is 514 g/mol. The van der Waals surface area contributed by atoms with Gasteiger partial charge in [-0.05, 0) is 65.3 Å². The number of guanidine groups is 1. The average Bonchev–Trinajstić information content (AvgIpc) is 2.64. The summed E-state index contributed by atoms with van der Waals surface area (Å²) in [4.78, 5) is 39.4. The maximum atomic E-state index is 12.7. The zero-order chi connectivity index (χ0) is 23.4. The molecule has 0 aromatic heterocycles. The van der Waals surface area contributed by atoms with Gasteiger partial charge >= 0.3 is 0 Å². The molecule has 12 heteroatoms. The molecule has 1 aromatic carbocycles. The van der Waals surface area contributed by atoms with E-state index in [1.807, 2.05) is 38.1 Å². The largest absolute Gasteiger partial charge is 0.365 e. The lowest BCUT2D eigenvalue weighted by Gasteiger charge is -2.22. The Hall–Kier alpha value is -2.38. The molecule has 0 aliphatic carbocycles. The Morgan fingerprint density at radius 1 is 1.29 bits per heavy atom. The first-order chi connectivity index (χ1) is 14.6. The molecule has 0 fully saturated rings. The Kier molecular flexibility index (Phi) is 11.9. The fraction of sp³-hybridized carbons (Fsp3) is 0.526. The van der Waals surface area contributed by atoms with Crippen molar-refractivity contribution in [1.82, 2.24) is 16.1 Å². The summed E-state index contributed by atoms with van der Waals surface area (Å²) in [6.07, 6.45) is 1.38. The number of nitrogens with two attached hydrogens (primary N) is 1. The third kappa shape index (κ3) is 11.6. The van der Waals surface area contributed by atoms with Crippen LogP contribution in [0.4, 0.5) is 0 Å². The number of benzene rings is 1. The van der Waals surface area contributed by atoms with Gasteiger partial charge in [-0.15, -0.1) is 0 Å². The number of carbonyl (C=O) groups is 2. The first-order valence-corrected chi connectivity index (χ1v) is 11.0. The predicted octanol–water partition coefficient (Wildman–Crippen LogP) is 0.852. The predicted molar refractivity (Wildman–Crippen MR) is 128 cm³/mol. The number of hydrogen-bond donors (Lipinski definition) is 4. The number of rotatable bonds is 12. The number of nitrogens with zero attached hydrogens (tertiary/aromatic N) is 2. The maximum absolute atomic E-state index is 12.7.